The van der Waals surface area contributed by atoms with Crippen molar-refractivity contribution in [1.82, 2.24) is 0 Å². The van der Waals surface area contributed by atoms with Crippen LogP contribution < -0.4 is 20.1 Å². The predicted octanol–water partition coefficient (Wildman–Crippen LogP) is 5.18. The molecule has 0 aliphatic heterocycles. The van der Waals surface area contributed by atoms with Crippen molar-refractivity contribution in [3.63, 3.8) is 0 Å². The van der Waals surface area contributed by atoms with Crippen LogP contribution in [-0.4, -0.2) is 26.3 Å². The van der Waals surface area contributed by atoms with Gasteiger partial charge in [-0.15, -0.1) is 0 Å². The Morgan fingerprint density at radius 3 is 2.28 bits per heavy atom. The number of para-hydroxylation sites is 2. The maximum atomic E-state index is 5.84. The van der Waals surface area contributed by atoms with Crippen LogP contribution in [-0.2, 0) is 0 Å². The molecule has 4 nitrogen and oxygen atoms in total. The molecule has 0 radical (unpaired) electrons. The molecule has 0 saturated heterocycles. The van der Waals surface area contributed by atoms with Crippen LogP contribution in [0.2, 0.25) is 0 Å². The summed E-state index contributed by atoms with van der Waals surface area (Å²) in [4.78, 5) is 0. The molecule has 0 spiro atoms. The zero-order chi connectivity index (χ0) is 17.7. The smallest absolute Gasteiger partial charge is 0.142 e. The molecule has 0 saturated carbocycles. The zero-order valence-corrected chi connectivity index (χ0v) is 15.4. The number of ether oxygens (including phenoxy) is 2. The minimum Gasteiger partial charge on any atom is -0.494 e. The first-order chi connectivity index (χ1) is 12.3. The van der Waals surface area contributed by atoms with Crippen LogP contribution in [0.5, 0.6) is 11.5 Å². The van der Waals surface area contributed by atoms with E-state index < -0.39 is 0 Å². The molecule has 0 aliphatic rings. The lowest BCUT2D eigenvalue weighted by Crippen LogP contribution is -2.14. The van der Waals surface area contributed by atoms with Gasteiger partial charge < -0.3 is 20.1 Å². The van der Waals surface area contributed by atoms with Crippen molar-refractivity contribution in [2.24, 2.45) is 0 Å². The highest BCUT2D eigenvalue weighted by Gasteiger charge is 2.02. The third kappa shape index (κ3) is 6.96. The van der Waals surface area contributed by atoms with Gasteiger partial charge in [-0.2, -0.15) is 0 Å². The molecule has 136 valence electrons. The summed E-state index contributed by atoms with van der Waals surface area (Å²) in [5.74, 6) is 1.84. The Morgan fingerprint density at radius 1 is 0.760 bits per heavy atom. The molecule has 0 aromatic heterocycles. The topological polar surface area (TPSA) is 42.5 Å². The lowest BCUT2D eigenvalue weighted by molar-refractivity contribution is 0.310. The standard InChI is InChI=1S/C21H30N2O2/c1-3-5-17-25-21-9-7-6-8-20(21)23-15-14-22-18-10-12-19(13-11-18)24-16-4-2/h6-13,22-23H,3-5,14-17H2,1-2H3. The van der Waals surface area contributed by atoms with Gasteiger partial charge in [-0.05, 0) is 49.2 Å². The van der Waals surface area contributed by atoms with Crippen molar-refractivity contribution in [2.45, 2.75) is 33.1 Å². The largest absolute Gasteiger partial charge is 0.494 e. The molecule has 0 amide bonds. The normalized spacial score (nSPS) is 10.3. The summed E-state index contributed by atoms with van der Waals surface area (Å²) >= 11 is 0. The van der Waals surface area contributed by atoms with Gasteiger partial charge in [0.1, 0.15) is 11.5 Å². The maximum absolute atomic E-state index is 5.84. The summed E-state index contributed by atoms with van der Waals surface area (Å²) in [5.41, 5.74) is 2.14. The third-order valence-electron chi connectivity index (χ3n) is 3.74. The zero-order valence-electron chi connectivity index (χ0n) is 15.4. The Hall–Kier alpha value is -2.36. The molecular weight excluding hydrogens is 312 g/mol. The van der Waals surface area contributed by atoms with Crippen molar-refractivity contribution < 1.29 is 9.47 Å². The molecule has 2 N–H and O–H groups in total. The number of hydrogen-bond donors (Lipinski definition) is 2. The van der Waals surface area contributed by atoms with Crippen LogP contribution in [0.3, 0.4) is 0 Å². The molecule has 2 rings (SSSR count). The van der Waals surface area contributed by atoms with Crippen LogP contribution in [0.15, 0.2) is 48.5 Å². The Morgan fingerprint density at radius 2 is 1.52 bits per heavy atom. The van der Waals surface area contributed by atoms with Gasteiger partial charge >= 0.3 is 0 Å². The van der Waals surface area contributed by atoms with E-state index >= 15 is 0 Å². The Kier molecular flexibility index (Phi) is 8.53. The van der Waals surface area contributed by atoms with E-state index in [2.05, 4.69) is 30.5 Å². The fourth-order valence-corrected chi connectivity index (χ4v) is 2.36. The highest BCUT2D eigenvalue weighted by Crippen LogP contribution is 2.23. The first-order valence-electron chi connectivity index (χ1n) is 9.26. The van der Waals surface area contributed by atoms with Gasteiger partial charge in [0.25, 0.3) is 0 Å². The summed E-state index contributed by atoms with van der Waals surface area (Å²) in [5, 5.41) is 6.85. The Bertz CT molecular complexity index is 599. The minimum atomic E-state index is 0.760. The molecular formula is C21H30N2O2. The molecule has 0 aliphatic carbocycles. The minimum absolute atomic E-state index is 0.760. The van der Waals surface area contributed by atoms with Crippen molar-refractivity contribution in [3.05, 3.63) is 48.5 Å². The molecule has 2 aromatic rings. The molecule has 0 unspecified atom stereocenters. The fourth-order valence-electron chi connectivity index (χ4n) is 2.36. The van der Waals surface area contributed by atoms with Gasteiger partial charge in [0, 0.05) is 18.8 Å². The van der Waals surface area contributed by atoms with Crippen LogP contribution in [0.4, 0.5) is 11.4 Å². The highest BCUT2D eigenvalue weighted by molar-refractivity contribution is 5.56. The van der Waals surface area contributed by atoms with Crippen LogP contribution in [0.1, 0.15) is 33.1 Å². The van der Waals surface area contributed by atoms with Crippen molar-refractivity contribution in [2.75, 3.05) is 36.9 Å². The lowest BCUT2D eigenvalue weighted by Gasteiger charge is -2.14. The van der Waals surface area contributed by atoms with Crippen LogP contribution >= 0.6 is 0 Å². The number of rotatable bonds is 12. The molecule has 0 bridgehead atoms. The van der Waals surface area contributed by atoms with E-state index in [0.29, 0.717) is 0 Å². The van der Waals surface area contributed by atoms with Gasteiger partial charge in [-0.3, -0.25) is 0 Å². The van der Waals surface area contributed by atoms with Crippen molar-refractivity contribution in [3.8, 4) is 11.5 Å². The third-order valence-corrected chi connectivity index (χ3v) is 3.74. The molecule has 4 heteroatoms. The fraction of sp³-hybridized carbons (Fsp3) is 0.429. The number of unbranched alkanes of at least 4 members (excludes halogenated alkanes) is 1. The number of hydrogen-bond acceptors (Lipinski definition) is 4. The van der Waals surface area contributed by atoms with Crippen LogP contribution in [0.25, 0.3) is 0 Å². The van der Waals surface area contributed by atoms with Crippen molar-refractivity contribution in [1.29, 1.82) is 0 Å². The second-order valence-corrected chi connectivity index (χ2v) is 5.92. The summed E-state index contributed by atoms with van der Waals surface area (Å²) in [7, 11) is 0. The summed E-state index contributed by atoms with van der Waals surface area (Å²) in [6.45, 7) is 7.45. The summed E-state index contributed by atoms with van der Waals surface area (Å²) < 4.78 is 11.4. The molecule has 0 heterocycles. The number of nitrogens with one attached hydrogen (secondary N) is 2. The van der Waals surface area contributed by atoms with E-state index in [9.17, 15) is 0 Å². The van der Waals surface area contributed by atoms with Crippen LogP contribution in [0, 0.1) is 0 Å². The van der Waals surface area contributed by atoms with Gasteiger partial charge in [0.15, 0.2) is 0 Å². The highest BCUT2D eigenvalue weighted by atomic mass is 16.5. The van der Waals surface area contributed by atoms with Gasteiger partial charge in [-0.25, -0.2) is 0 Å². The van der Waals surface area contributed by atoms with E-state index in [4.69, 9.17) is 9.47 Å². The number of anilines is 2. The van der Waals surface area contributed by atoms with Gasteiger partial charge in [0.2, 0.25) is 0 Å². The summed E-state index contributed by atoms with van der Waals surface area (Å²) in [6.07, 6.45) is 3.24. The van der Waals surface area contributed by atoms with E-state index in [1.165, 1.54) is 0 Å². The monoisotopic (exact) mass is 342 g/mol. The average Bonchev–Trinajstić information content (AvgIpc) is 2.66. The maximum Gasteiger partial charge on any atom is 0.142 e. The second kappa shape index (κ2) is 11.2. The first-order valence-corrected chi connectivity index (χ1v) is 9.26. The molecule has 0 fully saturated rings. The summed E-state index contributed by atoms with van der Waals surface area (Å²) in [6, 6.07) is 16.2. The molecule has 0 atom stereocenters. The van der Waals surface area contributed by atoms with E-state index in [1.807, 2.05) is 42.5 Å². The van der Waals surface area contributed by atoms with E-state index in [1.54, 1.807) is 0 Å². The first kappa shape index (κ1) is 19.0. The molecule has 25 heavy (non-hydrogen) atoms. The van der Waals surface area contributed by atoms with Gasteiger partial charge in [0.05, 0.1) is 18.9 Å². The second-order valence-electron chi connectivity index (χ2n) is 5.92. The quantitative estimate of drug-likeness (QED) is 0.522. The van der Waals surface area contributed by atoms with E-state index in [0.717, 1.165) is 68.4 Å². The molecule has 2 aromatic carbocycles. The Balaban J connectivity index is 1.73. The van der Waals surface area contributed by atoms with Crippen molar-refractivity contribution >= 4 is 11.4 Å². The Labute approximate surface area is 151 Å². The van der Waals surface area contributed by atoms with Gasteiger partial charge in [-0.1, -0.05) is 32.4 Å². The van der Waals surface area contributed by atoms with E-state index in [-0.39, 0.29) is 0 Å². The number of benzene rings is 2. The predicted molar refractivity (Wildman–Crippen MR) is 106 cm³/mol. The SMILES string of the molecule is CCCCOc1ccccc1NCCNc1ccc(OCCC)cc1. The average molecular weight is 342 g/mol. The lowest BCUT2D eigenvalue weighted by atomic mass is 10.3.